The molecule has 1 aromatic heterocycles. The molecule has 4 N–H and O–H groups in total. The number of carbonyl (C=O) groups is 1. The van der Waals surface area contributed by atoms with Gasteiger partial charge in [-0.2, -0.15) is 5.10 Å². The van der Waals surface area contributed by atoms with E-state index in [0.29, 0.717) is 17.9 Å². The Morgan fingerprint density at radius 2 is 2.28 bits per heavy atom. The Bertz CT molecular complexity index is 561. The van der Waals surface area contributed by atoms with Crippen molar-refractivity contribution in [1.82, 2.24) is 14.8 Å². The van der Waals surface area contributed by atoms with E-state index in [1.807, 2.05) is 13.0 Å². The number of amides is 1. The number of carbonyl (C=O) groups excluding carboxylic acids is 1. The summed E-state index contributed by atoms with van der Waals surface area (Å²) in [6.07, 6.45) is 1.62. The van der Waals surface area contributed by atoms with Crippen molar-refractivity contribution in [2.24, 2.45) is 11.5 Å². The lowest BCUT2D eigenvalue weighted by atomic mass is 10.1. The predicted octanol–water partition coefficient (Wildman–Crippen LogP) is 0.445. The van der Waals surface area contributed by atoms with E-state index >= 15 is 0 Å². The van der Waals surface area contributed by atoms with Gasteiger partial charge in [0.1, 0.15) is 6.33 Å². The molecule has 0 fully saturated rings. The van der Waals surface area contributed by atoms with E-state index in [2.05, 4.69) is 10.1 Å². The quantitative estimate of drug-likeness (QED) is 0.816. The first-order chi connectivity index (χ1) is 8.56. The van der Waals surface area contributed by atoms with Crippen LogP contribution in [-0.2, 0) is 6.54 Å². The van der Waals surface area contributed by atoms with E-state index in [1.54, 1.807) is 29.2 Å². The molecule has 6 heteroatoms. The first kappa shape index (κ1) is 12.3. The molecule has 2 aromatic rings. The number of hydrogen-bond donors (Lipinski definition) is 2. The molecule has 0 radical (unpaired) electrons. The van der Waals surface area contributed by atoms with E-state index in [-0.39, 0.29) is 6.04 Å². The minimum absolute atomic E-state index is 0.191. The molecule has 1 amide bonds. The molecule has 18 heavy (non-hydrogen) atoms. The fourth-order valence-electron chi connectivity index (χ4n) is 1.60. The first-order valence-corrected chi connectivity index (χ1v) is 5.60. The zero-order valence-corrected chi connectivity index (χ0v) is 10.1. The second kappa shape index (κ2) is 4.97. The van der Waals surface area contributed by atoms with E-state index < -0.39 is 5.91 Å². The highest BCUT2D eigenvalue weighted by Crippen LogP contribution is 2.07. The molecule has 0 saturated heterocycles. The van der Waals surface area contributed by atoms with Crippen LogP contribution in [0.15, 0.2) is 30.6 Å². The molecule has 2 rings (SSSR count). The van der Waals surface area contributed by atoms with Gasteiger partial charge >= 0.3 is 0 Å². The normalized spacial score (nSPS) is 12.3. The van der Waals surface area contributed by atoms with Gasteiger partial charge in [0.15, 0.2) is 5.82 Å². The van der Waals surface area contributed by atoms with Gasteiger partial charge in [-0.15, -0.1) is 0 Å². The van der Waals surface area contributed by atoms with Gasteiger partial charge in [-0.3, -0.25) is 4.79 Å². The maximum Gasteiger partial charge on any atom is 0.248 e. The molecule has 1 heterocycles. The third-order valence-corrected chi connectivity index (χ3v) is 2.52. The van der Waals surface area contributed by atoms with Gasteiger partial charge in [0, 0.05) is 5.56 Å². The van der Waals surface area contributed by atoms with Gasteiger partial charge in [-0.25, -0.2) is 9.67 Å². The van der Waals surface area contributed by atoms with Gasteiger partial charge in [-0.1, -0.05) is 12.1 Å². The maximum absolute atomic E-state index is 11.1. The molecule has 0 aliphatic rings. The average Bonchev–Trinajstić information content (AvgIpc) is 2.78. The molecule has 1 aromatic carbocycles. The lowest BCUT2D eigenvalue weighted by molar-refractivity contribution is 0.1000. The number of aromatic nitrogens is 3. The van der Waals surface area contributed by atoms with Crippen molar-refractivity contribution in [2.45, 2.75) is 19.5 Å². The average molecular weight is 245 g/mol. The van der Waals surface area contributed by atoms with E-state index in [0.717, 1.165) is 5.56 Å². The van der Waals surface area contributed by atoms with Crippen molar-refractivity contribution in [3.63, 3.8) is 0 Å². The molecule has 0 bridgehead atoms. The van der Waals surface area contributed by atoms with Crippen molar-refractivity contribution in [3.8, 4) is 0 Å². The second-order valence-corrected chi connectivity index (χ2v) is 4.15. The molecule has 94 valence electrons. The summed E-state index contributed by atoms with van der Waals surface area (Å²) in [6.45, 7) is 2.36. The first-order valence-electron chi connectivity index (χ1n) is 5.60. The Kier molecular flexibility index (Phi) is 3.38. The maximum atomic E-state index is 11.1. The standard InChI is InChI=1S/C12H15N5O/c1-8(13)12-15-7-17(16-12)6-9-3-2-4-10(5-9)11(14)18/h2-5,7-8H,6,13H2,1H3,(H2,14,18). The molecule has 0 spiro atoms. The van der Waals surface area contributed by atoms with Crippen LogP contribution in [0.3, 0.4) is 0 Å². The second-order valence-electron chi connectivity index (χ2n) is 4.15. The molecule has 1 atom stereocenters. The molecular weight excluding hydrogens is 230 g/mol. The Balaban J connectivity index is 2.17. The van der Waals surface area contributed by atoms with Crippen molar-refractivity contribution in [2.75, 3.05) is 0 Å². The molecular formula is C12H15N5O. The van der Waals surface area contributed by atoms with Crippen LogP contribution in [0.2, 0.25) is 0 Å². The van der Waals surface area contributed by atoms with Crippen LogP contribution in [0.25, 0.3) is 0 Å². The summed E-state index contributed by atoms with van der Waals surface area (Å²) in [4.78, 5) is 15.2. The summed E-state index contributed by atoms with van der Waals surface area (Å²) in [5, 5.41) is 4.24. The van der Waals surface area contributed by atoms with E-state index in [4.69, 9.17) is 11.5 Å². The topological polar surface area (TPSA) is 99.8 Å². The van der Waals surface area contributed by atoms with Crippen LogP contribution in [0.4, 0.5) is 0 Å². The van der Waals surface area contributed by atoms with Crippen molar-refractivity contribution < 1.29 is 4.79 Å². The molecule has 0 aliphatic heterocycles. The number of rotatable bonds is 4. The van der Waals surface area contributed by atoms with Gasteiger partial charge in [0.25, 0.3) is 0 Å². The Hall–Kier alpha value is -2.21. The third-order valence-electron chi connectivity index (χ3n) is 2.52. The Morgan fingerprint density at radius 1 is 1.50 bits per heavy atom. The van der Waals surface area contributed by atoms with Crippen molar-refractivity contribution >= 4 is 5.91 Å². The number of nitrogens with two attached hydrogens (primary N) is 2. The highest BCUT2D eigenvalue weighted by Gasteiger charge is 2.06. The fourth-order valence-corrected chi connectivity index (χ4v) is 1.60. The van der Waals surface area contributed by atoms with Crippen LogP contribution in [0.1, 0.15) is 34.7 Å². The monoisotopic (exact) mass is 245 g/mol. The van der Waals surface area contributed by atoms with Crippen molar-refractivity contribution in [3.05, 3.63) is 47.5 Å². The largest absolute Gasteiger partial charge is 0.366 e. The molecule has 1 unspecified atom stereocenters. The van der Waals surface area contributed by atoms with Crippen molar-refractivity contribution in [1.29, 1.82) is 0 Å². The minimum atomic E-state index is -0.438. The summed E-state index contributed by atoms with van der Waals surface area (Å²) in [7, 11) is 0. The van der Waals surface area contributed by atoms with Crippen LogP contribution in [-0.4, -0.2) is 20.7 Å². The zero-order chi connectivity index (χ0) is 13.1. The van der Waals surface area contributed by atoms with E-state index in [1.165, 1.54) is 0 Å². The summed E-state index contributed by atoms with van der Waals surface area (Å²) in [5.41, 5.74) is 12.3. The number of primary amides is 1. The smallest absolute Gasteiger partial charge is 0.248 e. The molecule has 0 saturated carbocycles. The van der Waals surface area contributed by atoms with Crippen LogP contribution in [0, 0.1) is 0 Å². The number of hydrogen-bond acceptors (Lipinski definition) is 4. The zero-order valence-electron chi connectivity index (χ0n) is 10.1. The van der Waals surface area contributed by atoms with Gasteiger partial charge in [0.05, 0.1) is 12.6 Å². The highest BCUT2D eigenvalue weighted by atomic mass is 16.1. The Labute approximate surface area is 105 Å². The summed E-state index contributed by atoms with van der Waals surface area (Å²) in [5.74, 6) is 0.160. The fraction of sp³-hybridized carbons (Fsp3) is 0.250. The summed E-state index contributed by atoms with van der Waals surface area (Å²) >= 11 is 0. The molecule has 0 aliphatic carbocycles. The van der Waals surface area contributed by atoms with Gasteiger partial charge in [-0.05, 0) is 24.6 Å². The van der Waals surface area contributed by atoms with Crippen LogP contribution >= 0.6 is 0 Å². The number of benzene rings is 1. The lowest BCUT2D eigenvalue weighted by Gasteiger charge is -2.03. The summed E-state index contributed by atoms with van der Waals surface area (Å²) < 4.78 is 1.68. The predicted molar refractivity (Wildman–Crippen MR) is 66.7 cm³/mol. The van der Waals surface area contributed by atoms with Gasteiger partial charge in [0.2, 0.25) is 5.91 Å². The molecule has 6 nitrogen and oxygen atoms in total. The SMILES string of the molecule is CC(N)c1ncn(Cc2cccc(C(N)=O)c2)n1. The summed E-state index contributed by atoms with van der Waals surface area (Å²) in [6, 6.07) is 6.93. The Morgan fingerprint density at radius 3 is 2.89 bits per heavy atom. The minimum Gasteiger partial charge on any atom is -0.366 e. The van der Waals surface area contributed by atoms with Gasteiger partial charge < -0.3 is 11.5 Å². The lowest BCUT2D eigenvalue weighted by Crippen LogP contribution is -2.12. The third kappa shape index (κ3) is 2.72. The van der Waals surface area contributed by atoms with Crippen LogP contribution in [0.5, 0.6) is 0 Å². The van der Waals surface area contributed by atoms with E-state index in [9.17, 15) is 4.79 Å². The number of nitrogens with zero attached hydrogens (tertiary/aromatic N) is 3. The highest BCUT2D eigenvalue weighted by molar-refractivity contribution is 5.92. The van der Waals surface area contributed by atoms with Crippen LogP contribution < -0.4 is 11.5 Å².